The summed E-state index contributed by atoms with van der Waals surface area (Å²) in [4.78, 5) is 11.2. The Balaban J connectivity index is 2.35. The fourth-order valence-electron chi connectivity index (χ4n) is 1.50. The largest absolute Gasteiger partial charge is 0.383 e. The van der Waals surface area contributed by atoms with Gasteiger partial charge in [-0.2, -0.15) is 0 Å². The Morgan fingerprint density at radius 2 is 2.15 bits per heavy atom. The second-order valence-electron chi connectivity index (χ2n) is 3.20. The van der Waals surface area contributed by atoms with Crippen molar-refractivity contribution in [1.82, 2.24) is 0 Å². The first-order valence-electron chi connectivity index (χ1n) is 4.34. The van der Waals surface area contributed by atoms with Crippen LogP contribution in [0.5, 0.6) is 0 Å². The molecule has 1 aromatic rings. The molecule has 0 unspecified atom stereocenters. The standard InChI is InChI=1S/C10H11NO2/c12-9-6-5-7-3-1-2-4-8(7)11-10(9)13/h1-4,9,12H,5-6H2,(H,11,13)/t9-/m0/s1. The molecule has 1 heterocycles. The van der Waals surface area contributed by atoms with Crippen molar-refractivity contribution in [3.63, 3.8) is 0 Å². The van der Waals surface area contributed by atoms with Gasteiger partial charge in [0.05, 0.1) is 0 Å². The summed E-state index contributed by atoms with van der Waals surface area (Å²) < 4.78 is 0. The van der Waals surface area contributed by atoms with Crippen molar-refractivity contribution in [1.29, 1.82) is 0 Å². The molecule has 0 radical (unpaired) electrons. The van der Waals surface area contributed by atoms with E-state index in [0.29, 0.717) is 6.42 Å². The maximum absolute atomic E-state index is 11.2. The van der Waals surface area contributed by atoms with Gasteiger partial charge in [-0.3, -0.25) is 4.79 Å². The van der Waals surface area contributed by atoms with Gasteiger partial charge in [-0.25, -0.2) is 0 Å². The number of hydrogen-bond acceptors (Lipinski definition) is 2. The monoisotopic (exact) mass is 177 g/mol. The van der Waals surface area contributed by atoms with Crippen LogP contribution in [-0.4, -0.2) is 17.1 Å². The molecule has 0 saturated heterocycles. The first kappa shape index (κ1) is 8.26. The molecule has 1 amide bonds. The average molecular weight is 177 g/mol. The molecule has 68 valence electrons. The van der Waals surface area contributed by atoms with Crippen LogP contribution in [0.3, 0.4) is 0 Å². The maximum Gasteiger partial charge on any atom is 0.253 e. The van der Waals surface area contributed by atoms with E-state index in [1.54, 1.807) is 0 Å². The van der Waals surface area contributed by atoms with Crippen molar-refractivity contribution in [2.24, 2.45) is 0 Å². The molecule has 1 aromatic carbocycles. The minimum Gasteiger partial charge on any atom is -0.383 e. The molecule has 13 heavy (non-hydrogen) atoms. The zero-order valence-corrected chi connectivity index (χ0v) is 7.16. The Labute approximate surface area is 76.4 Å². The molecular weight excluding hydrogens is 166 g/mol. The van der Waals surface area contributed by atoms with Gasteiger partial charge in [0.25, 0.3) is 5.91 Å². The lowest BCUT2D eigenvalue weighted by atomic mass is 10.1. The molecule has 1 aliphatic rings. The highest BCUT2D eigenvalue weighted by Gasteiger charge is 2.20. The van der Waals surface area contributed by atoms with E-state index in [-0.39, 0.29) is 5.91 Å². The van der Waals surface area contributed by atoms with Crippen LogP contribution in [0.1, 0.15) is 12.0 Å². The quantitative estimate of drug-likeness (QED) is 0.619. The molecule has 0 saturated carbocycles. The fourth-order valence-corrected chi connectivity index (χ4v) is 1.50. The number of carbonyl (C=O) groups is 1. The first-order valence-corrected chi connectivity index (χ1v) is 4.34. The van der Waals surface area contributed by atoms with Gasteiger partial charge in [0.1, 0.15) is 6.10 Å². The van der Waals surface area contributed by atoms with Gasteiger partial charge in [-0.15, -0.1) is 0 Å². The van der Waals surface area contributed by atoms with Crippen LogP contribution in [0, 0.1) is 0 Å². The first-order chi connectivity index (χ1) is 6.27. The maximum atomic E-state index is 11.2. The molecule has 1 aliphatic heterocycles. The summed E-state index contributed by atoms with van der Waals surface area (Å²) in [5.41, 5.74) is 1.91. The number of carbonyl (C=O) groups excluding carboxylic acids is 1. The lowest BCUT2D eigenvalue weighted by Gasteiger charge is -2.05. The molecule has 0 aromatic heterocycles. The van der Waals surface area contributed by atoms with Crippen LogP contribution in [-0.2, 0) is 11.2 Å². The van der Waals surface area contributed by atoms with Crippen LogP contribution >= 0.6 is 0 Å². The normalized spacial score (nSPS) is 21.6. The summed E-state index contributed by atoms with van der Waals surface area (Å²) >= 11 is 0. The summed E-state index contributed by atoms with van der Waals surface area (Å²) in [5, 5.41) is 12.0. The van der Waals surface area contributed by atoms with Crippen molar-refractivity contribution >= 4 is 11.6 Å². The number of anilines is 1. The van der Waals surface area contributed by atoms with Gasteiger partial charge >= 0.3 is 0 Å². The third kappa shape index (κ3) is 1.55. The molecule has 0 aliphatic carbocycles. The number of amides is 1. The predicted molar refractivity (Wildman–Crippen MR) is 49.4 cm³/mol. The van der Waals surface area contributed by atoms with Gasteiger partial charge < -0.3 is 10.4 Å². The van der Waals surface area contributed by atoms with E-state index in [2.05, 4.69) is 5.32 Å². The molecule has 3 heteroatoms. The Kier molecular flexibility index (Phi) is 2.02. The topological polar surface area (TPSA) is 49.3 Å². The third-order valence-corrected chi connectivity index (χ3v) is 2.26. The number of aryl methyl sites for hydroxylation is 1. The van der Waals surface area contributed by atoms with E-state index in [0.717, 1.165) is 17.7 Å². The minimum absolute atomic E-state index is 0.301. The fraction of sp³-hybridized carbons (Fsp3) is 0.300. The number of aliphatic hydroxyl groups is 1. The zero-order valence-electron chi connectivity index (χ0n) is 7.16. The summed E-state index contributed by atoms with van der Waals surface area (Å²) in [5.74, 6) is -0.301. The molecule has 0 bridgehead atoms. The Morgan fingerprint density at radius 3 is 3.00 bits per heavy atom. The van der Waals surface area contributed by atoms with E-state index in [1.165, 1.54) is 0 Å². The number of hydrogen-bond donors (Lipinski definition) is 2. The highest BCUT2D eigenvalue weighted by molar-refractivity contribution is 5.95. The Hall–Kier alpha value is -1.35. The molecular formula is C10H11NO2. The second kappa shape index (κ2) is 3.18. The molecule has 2 N–H and O–H groups in total. The number of aliphatic hydroxyl groups excluding tert-OH is 1. The predicted octanol–water partition coefficient (Wildman–Crippen LogP) is 0.932. The van der Waals surface area contributed by atoms with Gasteiger partial charge in [0.2, 0.25) is 0 Å². The highest BCUT2D eigenvalue weighted by atomic mass is 16.3. The van der Waals surface area contributed by atoms with Crippen molar-refractivity contribution in [3.05, 3.63) is 29.8 Å². The van der Waals surface area contributed by atoms with E-state index < -0.39 is 6.10 Å². The van der Waals surface area contributed by atoms with Crippen LogP contribution in [0.2, 0.25) is 0 Å². The summed E-state index contributed by atoms with van der Waals surface area (Å²) in [7, 11) is 0. The van der Waals surface area contributed by atoms with Gasteiger partial charge in [-0.1, -0.05) is 18.2 Å². The second-order valence-corrected chi connectivity index (χ2v) is 3.20. The van der Waals surface area contributed by atoms with Crippen molar-refractivity contribution in [2.75, 3.05) is 5.32 Å². The lowest BCUT2D eigenvalue weighted by Crippen LogP contribution is -2.25. The number of para-hydroxylation sites is 1. The van der Waals surface area contributed by atoms with Crippen LogP contribution in [0.25, 0.3) is 0 Å². The summed E-state index contributed by atoms with van der Waals surface area (Å²) in [6.07, 6.45) is 0.381. The van der Waals surface area contributed by atoms with Gasteiger partial charge in [0.15, 0.2) is 0 Å². The minimum atomic E-state index is -0.868. The SMILES string of the molecule is O=C1Nc2ccccc2CC[C@@H]1O. The summed E-state index contributed by atoms with van der Waals surface area (Å²) in [6.45, 7) is 0. The number of rotatable bonds is 0. The number of benzene rings is 1. The Morgan fingerprint density at radius 1 is 1.38 bits per heavy atom. The lowest BCUT2D eigenvalue weighted by molar-refractivity contribution is -0.124. The molecule has 0 fully saturated rings. The highest BCUT2D eigenvalue weighted by Crippen LogP contribution is 2.21. The summed E-state index contributed by atoms with van der Waals surface area (Å²) in [6, 6.07) is 7.62. The smallest absolute Gasteiger partial charge is 0.253 e. The third-order valence-electron chi connectivity index (χ3n) is 2.26. The van der Waals surface area contributed by atoms with Crippen LogP contribution in [0.15, 0.2) is 24.3 Å². The van der Waals surface area contributed by atoms with E-state index in [9.17, 15) is 9.90 Å². The number of nitrogens with one attached hydrogen (secondary N) is 1. The average Bonchev–Trinajstić information content (AvgIpc) is 2.28. The van der Waals surface area contributed by atoms with Crippen LogP contribution < -0.4 is 5.32 Å². The van der Waals surface area contributed by atoms with E-state index in [1.807, 2.05) is 24.3 Å². The van der Waals surface area contributed by atoms with Crippen molar-refractivity contribution < 1.29 is 9.90 Å². The van der Waals surface area contributed by atoms with Gasteiger partial charge in [0, 0.05) is 5.69 Å². The Bertz CT molecular complexity index is 335. The molecule has 2 rings (SSSR count). The van der Waals surface area contributed by atoms with E-state index in [4.69, 9.17) is 0 Å². The van der Waals surface area contributed by atoms with Crippen LogP contribution in [0.4, 0.5) is 5.69 Å². The van der Waals surface area contributed by atoms with Crippen molar-refractivity contribution in [3.8, 4) is 0 Å². The molecule has 1 atom stereocenters. The zero-order chi connectivity index (χ0) is 9.26. The van der Waals surface area contributed by atoms with E-state index >= 15 is 0 Å². The number of fused-ring (bicyclic) bond motifs is 1. The van der Waals surface area contributed by atoms with Crippen molar-refractivity contribution in [2.45, 2.75) is 18.9 Å². The molecule has 3 nitrogen and oxygen atoms in total. The van der Waals surface area contributed by atoms with Gasteiger partial charge in [-0.05, 0) is 24.5 Å². The molecule has 0 spiro atoms.